The van der Waals surface area contributed by atoms with Gasteiger partial charge in [-0.25, -0.2) is 67.0 Å². The van der Waals surface area contributed by atoms with Crippen LogP contribution in [0.1, 0.15) is 11.4 Å². The van der Waals surface area contributed by atoms with E-state index in [0.717, 1.165) is 6.20 Å². The fraction of sp³-hybridized carbons (Fsp3) is 0.0233. The molecule has 16 nitrogen and oxygen atoms in total. The van der Waals surface area contributed by atoms with Gasteiger partial charge in [0.05, 0.1) is 42.1 Å². The van der Waals surface area contributed by atoms with Crippen molar-refractivity contribution in [1.82, 2.24) is 19.9 Å². The molecule has 0 aliphatic heterocycles. The molecule has 1 aliphatic carbocycles. The van der Waals surface area contributed by atoms with Crippen LogP contribution in [-0.4, -0.2) is 74.5 Å². The van der Waals surface area contributed by atoms with Crippen molar-refractivity contribution in [3.63, 3.8) is 0 Å². The van der Waals surface area contributed by atoms with Crippen molar-refractivity contribution in [3.05, 3.63) is 179 Å². The van der Waals surface area contributed by atoms with Crippen molar-refractivity contribution in [2.45, 2.75) is 46.0 Å². The second kappa shape index (κ2) is 16.7. The van der Waals surface area contributed by atoms with Gasteiger partial charge in [0.15, 0.2) is 25.1 Å². The molecule has 21 heteroatoms. The maximum atomic E-state index is 14.7. The van der Waals surface area contributed by atoms with Crippen molar-refractivity contribution in [1.29, 1.82) is 0 Å². The van der Waals surface area contributed by atoms with Gasteiger partial charge in [-0.2, -0.15) is 0 Å². The van der Waals surface area contributed by atoms with E-state index >= 15 is 0 Å². The Morgan fingerprint density at radius 3 is 1.23 bits per heavy atom. The Morgan fingerprint density at radius 2 is 0.812 bits per heavy atom. The summed E-state index contributed by atoms with van der Waals surface area (Å²) in [4.78, 5) is 23.9. The highest BCUT2D eigenvalue weighted by molar-refractivity contribution is 7.99. The molecule has 64 heavy (non-hydrogen) atoms. The number of fused-ring (bicyclic) bond motifs is 3. The predicted octanol–water partition coefficient (Wildman–Crippen LogP) is 5.55. The molecule has 5 aromatic carbocycles. The Balaban J connectivity index is 1.51. The van der Waals surface area contributed by atoms with Crippen LogP contribution in [0, 0.1) is 0 Å². The van der Waals surface area contributed by atoms with Crippen molar-refractivity contribution in [2.75, 3.05) is 0 Å². The summed E-state index contributed by atoms with van der Waals surface area (Å²) in [5.74, 6) is 0. The summed E-state index contributed by atoms with van der Waals surface area (Å²) in [6.45, 7) is 3.39. The van der Waals surface area contributed by atoms with Crippen molar-refractivity contribution < 1.29 is 42.1 Å². The molecule has 0 N–H and O–H groups in total. The van der Waals surface area contributed by atoms with Gasteiger partial charge in [0.1, 0.15) is 17.1 Å². The normalized spacial score (nSPS) is 14.2. The van der Waals surface area contributed by atoms with E-state index in [1.165, 1.54) is 146 Å². The molecule has 2 aromatic heterocycles. The van der Waals surface area contributed by atoms with Gasteiger partial charge in [-0.05, 0) is 67.4 Å². The molecule has 322 valence electrons. The van der Waals surface area contributed by atoms with Crippen LogP contribution in [0.3, 0.4) is 0 Å². The monoisotopic (exact) mass is 950 g/mol. The number of aliphatic imine (C=N–C) groups is 2. The van der Waals surface area contributed by atoms with Gasteiger partial charge < -0.3 is 0 Å². The minimum atomic E-state index is -4.99. The Hall–Kier alpha value is -6.91. The van der Waals surface area contributed by atoms with Crippen LogP contribution in [0.15, 0.2) is 217 Å². The third kappa shape index (κ3) is 7.76. The number of hydrogen-bond acceptors (Lipinski definition) is 16. The Kier molecular flexibility index (Phi) is 11.4. The molecule has 0 radical (unpaired) electrons. The SMILES string of the molecule is C=N/C(=C(\N=C1/Cc2ncc(S(=O)(=O)c3ccccc3)nc2-c2nc(S(=O)(=O)c3ccccc3)c(S(=O)(=O)c3ccccc3)nc21)S(=O)(=O)c1ccccc1)S(=O)(=O)c1ccccc1. The van der Waals surface area contributed by atoms with Gasteiger partial charge in [-0.3, -0.25) is 4.98 Å². The molecule has 7 aromatic rings. The zero-order chi connectivity index (χ0) is 45.5. The lowest BCUT2D eigenvalue weighted by Crippen LogP contribution is -2.25. The first-order valence-corrected chi connectivity index (χ1v) is 26.0. The Labute approximate surface area is 368 Å². The zero-order valence-corrected chi connectivity index (χ0v) is 36.8. The van der Waals surface area contributed by atoms with E-state index in [1.54, 1.807) is 6.07 Å². The highest BCUT2D eigenvalue weighted by Crippen LogP contribution is 2.38. The second-order valence-electron chi connectivity index (χ2n) is 13.6. The summed E-state index contributed by atoms with van der Waals surface area (Å²) in [5.41, 5.74) is -2.18. The molecule has 0 spiro atoms. The van der Waals surface area contributed by atoms with Gasteiger partial charge >= 0.3 is 0 Å². The van der Waals surface area contributed by atoms with Crippen LogP contribution in [0.4, 0.5) is 0 Å². The third-order valence-electron chi connectivity index (χ3n) is 9.62. The number of hydrogen-bond donors (Lipinski definition) is 0. The molecule has 0 bridgehead atoms. The molecule has 0 unspecified atom stereocenters. The van der Waals surface area contributed by atoms with Gasteiger partial charge in [-0.1, -0.05) is 91.0 Å². The van der Waals surface area contributed by atoms with Gasteiger partial charge in [0.2, 0.25) is 49.2 Å². The number of nitrogens with zero attached hydrogens (tertiary/aromatic N) is 6. The lowest BCUT2D eigenvalue weighted by Gasteiger charge is -2.22. The molecule has 1 aliphatic rings. The van der Waals surface area contributed by atoms with Gasteiger partial charge in [0.25, 0.3) is 0 Å². The van der Waals surface area contributed by atoms with Crippen molar-refractivity contribution >= 4 is 61.6 Å². The Bertz CT molecular complexity index is 3640. The van der Waals surface area contributed by atoms with E-state index in [4.69, 9.17) is 0 Å². The summed E-state index contributed by atoms with van der Waals surface area (Å²) in [6, 6.07) is 34.0. The smallest absolute Gasteiger partial charge is 0.226 e. The number of rotatable bonds is 12. The van der Waals surface area contributed by atoms with E-state index in [2.05, 4.69) is 36.6 Å². The van der Waals surface area contributed by atoms with E-state index in [-0.39, 0.29) is 21.2 Å². The van der Waals surface area contributed by atoms with E-state index in [9.17, 15) is 42.1 Å². The lowest BCUT2D eigenvalue weighted by molar-refractivity contribution is 0.571. The first-order chi connectivity index (χ1) is 30.5. The highest BCUT2D eigenvalue weighted by Gasteiger charge is 2.40. The maximum absolute atomic E-state index is 14.7. The number of sulfone groups is 5. The molecule has 0 saturated heterocycles. The zero-order valence-electron chi connectivity index (χ0n) is 32.7. The predicted molar refractivity (Wildman–Crippen MR) is 233 cm³/mol. The van der Waals surface area contributed by atoms with Crippen LogP contribution in [-0.2, 0) is 55.6 Å². The van der Waals surface area contributed by atoms with Crippen LogP contribution in [0.5, 0.6) is 0 Å². The molecular formula is C43H30N6O10S5. The Morgan fingerprint density at radius 1 is 0.438 bits per heavy atom. The number of aromatic nitrogens is 4. The van der Waals surface area contributed by atoms with Crippen LogP contribution in [0.2, 0.25) is 0 Å². The topological polar surface area (TPSA) is 247 Å². The molecule has 0 fully saturated rings. The molecule has 0 saturated carbocycles. The van der Waals surface area contributed by atoms with Gasteiger partial charge in [-0.15, -0.1) is 0 Å². The third-order valence-corrected chi connectivity index (χ3v) is 18.3. The van der Waals surface area contributed by atoms with E-state index < -0.39 is 113 Å². The maximum Gasteiger partial charge on any atom is 0.226 e. The molecule has 8 rings (SSSR count). The second-order valence-corrected chi connectivity index (χ2v) is 23.0. The summed E-state index contributed by atoms with van der Waals surface area (Å²) < 4.78 is 144. The van der Waals surface area contributed by atoms with E-state index in [0.29, 0.717) is 0 Å². The fourth-order valence-electron chi connectivity index (χ4n) is 6.48. The summed E-state index contributed by atoms with van der Waals surface area (Å²) in [5, 5.41) is -5.12. The van der Waals surface area contributed by atoms with Crippen molar-refractivity contribution in [3.8, 4) is 11.4 Å². The highest BCUT2D eigenvalue weighted by atomic mass is 32.2. The standard InChI is InChI=1S/C43H30N6O10S5/c1-44-40(61(52,53)30-19-9-3-10-20-30)41(62(54,55)31-21-11-4-12-22-31)46-35-27-34-37(47-36(28-45-34)60(50,51)29-17-7-2-8-18-29)39-38(35)48-42(63(56,57)32-23-13-5-14-24-32)43(49-39)64(58,59)33-25-15-6-16-26-33/h2-26,28H,1,27H2/b41-40-,46-35+. The molecule has 0 atom stereocenters. The minimum absolute atomic E-state index is 0.148. The summed E-state index contributed by atoms with van der Waals surface area (Å²) in [7, 11) is -24.1. The number of benzene rings is 5. The van der Waals surface area contributed by atoms with E-state index in [1.807, 2.05) is 0 Å². The average Bonchev–Trinajstić information content (AvgIpc) is 3.32. The lowest BCUT2D eigenvalue weighted by atomic mass is 9.98. The molecule has 0 amide bonds. The minimum Gasteiger partial charge on any atom is -0.256 e. The molecule has 2 heterocycles. The van der Waals surface area contributed by atoms with Crippen LogP contribution < -0.4 is 0 Å². The molecular weight excluding hydrogens is 921 g/mol. The van der Waals surface area contributed by atoms with Crippen LogP contribution >= 0.6 is 0 Å². The quantitative estimate of drug-likeness (QED) is 0.136. The van der Waals surface area contributed by atoms with Gasteiger partial charge in [0, 0.05) is 6.42 Å². The van der Waals surface area contributed by atoms with Crippen molar-refractivity contribution in [2.24, 2.45) is 9.98 Å². The largest absolute Gasteiger partial charge is 0.256 e. The first kappa shape index (κ1) is 43.7. The average molecular weight is 951 g/mol. The van der Waals surface area contributed by atoms with Crippen LogP contribution in [0.25, 0.3) is 11.4 Å². The fourth-order valence-corrected chi connectivity index (χ4v) is 13.9. The summed E-state index contributed by atoms with van der Waals surface area (Å²) in [6.07, 6.45) is 0.315. The summed E-state index contributed by atoms with van der Waals surface area (Å²) >= 11 is 0. The first-order valence-electron chi connectivity index (χ1n) is 18.6.